The van der Waals surface area contributed by atoms with Gasteiger partial charge in [-0.1, -0.05) is 0 Å². The third kappa shape index (κ3) is 6.11. The minimum absolute atomic E-state index is 0.0689. The van der Waals surface area contributed by atoms with Gasteiger partial charge in [-0.05, 0) is 20.8 Å². The van der Waals surface area contributed by atoms with Crippen LogP contribution in [0, 0.1) is 0 Å². The van der Waals surface area contributed by atoms with Gasteiger partial charge in [0, 0.05) is 19.7 Å². The molecule has 0 aromatic carbocycles. The molecular weight excluding hydrogens is 224 g/mol. The van der Waals surface area contributed by atoms with Crippen LogP contribution in [0.4, 0.5) is 4.79 Å². The van der Waals surface area contributed by atoms with E-state index in [-0.39, 0.29) is 18.5 Å². The van der Waals surface area contributed by atoms with Crippen LogP contribution in [0.5, 0.6) is 0 Å². The number of amides is 2. The van der Waals surface area contributed by atoms with Crippen molar-refractivity contribution in [2.45, 2.75) is 38.8 Å². The van der Waals surface area contributed by atoms with Crippen LogP contribution in [0.1, 0.15) is 27.2 Å². The van der Waals surface area contributed by atoms with Crippen LogP contribution >= 0.6 is 0 Å². The standard InChI is InChI=1S/C11H22N2O4/c1-8(7-17-5)13(4)10(16)12-11(2,3)6-9(14)15/h8H,6-7H2,1-5H3,(H,12,16)(H,14,15). The molecule has 0 aliphatic rings. The normalized spacial score (nSPS) is 13.0. The van der Waals surface area contributed by atoms with Gasteiger partial charge in [0.15, 0.2) is 0 Å². The molecule has 6 heteroatoms. The number of likely N-dealkylation sites (N-methyl/N-ethyl adjacent to an activating group) is 1. The van der Waals surface area contributed by atoms with Crippen molar-refractivity contribution in [3.05, 3.63) is 0 Å². The second-order valence-corrected chi connectivity index (χ2v) is 4.80. The van der Waals surface area contributed by atoms with Gasteiger partial charge in [-0.25, -0.2) is 4.79 Å². The molecule has 100 valence electrons. The van der Waals surface area contributed by atoms with Crippen LogP contribution in [-0.4, -0.2) is 54.4 Å². The number of hydrogen-bond acceptors (Lipinski definition) is 3. The number of ether oxygens (including phenoxy) is 1. The first-order valence-electron chi connectivity index (χ1n) is 5.45. The van der Waals surface area contributed by atoms with Gasteiger partial charge in [0.05, 0.1) is 19.1 Å². The molecule has 0 saturated heterocycles. The Balaban J connectivity index is 4.37. The largest absolute Gasteiger partial charge is 0.481 e. The monoisotopic (exact) mass is 246 g/mol. The number of carboxylic acids is 1. The molecule has 0 heterocycles. The lowest BCUT2D eigenvalue weighted by atomic mass is 10.0. The molecule has 0 fully saturated rings. The molecule has 2 amide bonds. The zero-order valence-electron chi connectivity index (χ0n) is 11.1. The second-order valence-electron chi connectivity index (χ2n) is 4.80. The van der Waals surface area contributed by atoms with Crippen LogP contribution in [0.15, 0.2) is 0 Å². The van der Waals surface area contributed by atoms with Crippen LogP contribution in [0.2, 0.25) is 0 Å². The molecule has 0 aromatic rings. The van der Waals surface area contributed by atoms with Crippen LogP contribution in [-0.2, 0) is 9.53 Å². The smallest absolute Gasteiger partial charge is 0.317 e. The van der Waals surface area contributed by atoms with Crippen molar-refractivity contribution >= 4 is 12.0 Å². The minimum atomic E-state index is -0.942. The first-order valence-corrected chi connectivity index (χ1v) is 5.45. The lowest BCUT2D eigenvalue weighted by molar-refractivity contribution is -0.138. The molecule has 0 saturated carbocycles. The van der Waals surface area contributed by atoms with Gasteiger partial charge in [0.25, 0.3) is 0 Å². The molecule has 1 atom stereocenters. The van der Waals surface area contributed by atoms with Gasteiger partial charge in [-0.15, -0.1) is 0 Å². The first-order chi connectivity index (χ1) is 7.69. The Morgan fingerprint density at radius 1 is 1.47 bits per heavy atom. The zero-order valence-corrected chi connectivity index (χ0v) is 11.1. The summed E-state index contributed by atoms with van der Waals surface area (Å²) in [6.07, 6.45) is -0.120. The second kappa shape index (κ2) is 6.44. The number of nitrogens with zero attached hydrogens (tertiary/aromatic N) is 1. The van der Waals surface area contributed by atoms with E-state index >= 15 is 0 Å². The lowest BCUT2D eigenvalue weighted by Gasteiger charge is -2.30. The maximum Gasteiger partial charge on any atom is 0.317 e. The number of carboxylic acid groups (broad SMARTS) is 1. The Kier molecular flexibility index (Phi) is 5.95. The highest BCUT2D eigenvalue weighted by Gasteiger charge is 2.26. The van der Waals surface area contributed by atoms with Crippen molar-refractivity contribution in [3.63, 3.8) is 0 Å². The van der Waals surface area contributed by atoms with Gasteiger partial charge < -0.3 is 20.1 Å². The van der Waals surface area contributed by atoms with E-state index in [9.17, 15) is 9.59 Å². The van der Waals surface area contributed by atoms with Crippen molar-refractivity contribution in [1.82, 2.24) is 10.2 Å². The summed E-state index contributed by atoms with van der Waals surface area (Å²) < 4.78 is 4.95. The number of urea groups is 1. The van der Waals surface area contributed by atoms with Gasteiger partial charge >= 0.3 is 12.0 Å². The van der Waals surface area contributed by atoms with E-state index in [1.54, 1.807) is 28.0 Å². The number of rotatable bonds is 6. The Morgan fingerprint density at radius 2 is 2.00 bits per heavy atom. The van der Waals surface area contributed by atoms with E-state index in [0.29, 0.717) is 6.61 Å². The minimum Gasteiger partial charge on any atom is -0.481 e. The van der Waals surface area contributed by atoms with E-state index < -0.39 is 11.5 Å². The van der Waals surface area contributed by atoms with Gasteiger partial charge in [0.1, 0.15) is 0 Å². The predicted molar refractivity (Wildman–Crippen MR) is 64.0 cm³/mol. The van der Waals surface area contributed by atoms with Gasteiger partial charge in [-0.3, -0.25) is 4.79 Å². The number of carbonyl (C=O) groups is 2. The van der Waals surface area contributed by atoms with E-state index in [1.807, 2.05) is 6.92 Å². The van der Waals surface area contributed by atoms with Crippen molar-refractivity contribution in [1.29, 1.82) is 0 Å². The summed E-state index contributed by atoms with van der Waals surface area (Å²) in [6.45, 7) is 5.64. The topological polar surface area (TPSA) is 78.9 Å². The lowest BCUT2D eigenvalue weighted by Crippen LogP contribution is -2.52. The third-order valence-electron chi connectivity index (χ3n) is 2.43. The average molecular weight is 246 g/mol. The molecule has 0 aliphatic carbocycles. The van der Waals surface area contributed by atoms with Crippen molar-refractivity contribution in [2.24, 2.45) is 0 Å². The molecule has 2 N–H and O–H groups in total. The van der Waals surface area contributed by atoms with E-state index in [4.69, 9.17) is 9.84 Å². The Morgan fingerprint density at radius 3 is 2.41 bits per heavy atom. The summed E-state index contributed by atoms with van der Waals surface area (Å²) in [5.74, 6) is -0.942. The number of methoxy groups -OCH3 is 1. The molecule has 0 spiro atoms. The molecule has 1 unspecified atom stereocenters. The fourth-order valence-electron chi connectivity index (χ4n) is 1.35. The molecule has 0 radical (unpaired) electrons. The Bertz CT molecular complexity index is 279. The molecule has 0 rings (SSSR count). The molecule has 0 bridgehead atoms. The molecular formula is C11H22N2O4. The fraction of sp³-hybridized carbons (Fsp3) is 0.818. The molecule has 17 heavy (non-hydrogen) atoms. The maximum atomic E-state index is 11.8. The van der Waals surface area contributed by atoms with E-state index in [1.165, 1.54) is 4.90 Å². The highest BCUT2D eigenvalue weighted by Crippen LogP contribution is 2.09. The number of hydrogen-bond donors (Lipinski definition) is 2. The summed E-state index contributed by atoms with van der Waals surface area (Å²) in [4.78, 5) is 23.9. The van der Waals surface area contributed by atoms with E-state index in [0.717, 1.165) is 0 Å². The third-order valence-corrected chi connectivity index (χ3v) is 2.43. The summed E-state index contributed by atoms with van der Waals surface area (Å²) in [6, 6.07) is -0.374. The average Bonchev–Trinajstić information content (AvgIpc) is 2.13. The van der Waals surface area contributed by atoms with Crippen LogP contribution < -0.4 is 5.32 Å². The highest BCUT2D eigenvalue weighted by atomic mass is 16.5. The molecule has 0 aromatic heterocycles. The first kappa shape index (κ1) is 15.7. The molecule has 0 aliphatic heterocycles. The fourth-order valence-corrected chi connectivity index (χ4v) is 1.35. The predicted octanol–water partition coefficient (Wildman–Crippen LogP) is 0.916. The summed E-state index contributed by atoms with van der Waals surface area (Å²) in [5.41, 5.74) is -0.774. The van der Waals surface area contributed by atoms with Gasteiger partial charge in [-0.2, -0.15) is 0 Å². The highest BCUT2D eigenvalue weighted by molar-refractivity contribution is 5.76. The Labute approximate surface area is 102 Å². The summed E-state index contributed by atoms with van der Waals surface area (Å²) >= 11 is 0. The molecule has 6 nitrogen and oxygen atoms in total. The van der Waals surface area contributed by atoms with Crippen molar-refractivity contribution in [3.8, 4) is 0 Å². The SMILES string of the molecule is COCC(C)N(C)C(=O)NC(C)(C)CC(=O)O. The Hall–Kier alpha value is -1.30. The van der Waals surface area contributed by atoms with Crippen molar-refractivity contribution < 1.29 is 19.4 Å². The number of nitrogens with one attached hydrogen (secondary N) is 1. The maximum absolute atomic E-state index is 11.8. The van der Waals surface area contributed by atoms with E-state index in [2.05, 4.69) is 5.32 Å². The number of aliphatic carboxylic acids is 1. The number of carbonyl (C=O) groups excluding carboxylic acids is 1. The van der Waals surface area contributed by atoms with Gasteiger partial charge in [0.2, 0.25) is 0 Å². The quantitative estimate of drug-likeness (QED) is 0.730. The van der Waals surface area contributed by atoms with Crippen LogP contribution in [0.3, 0.4) is 0 Å². The summed E-state index contributed by atoms with van der Waals surface area (Å²) in [5, 5.41) is 11.4. The van der Waals surface area contributed by atoms with Crippen molar-refractivity contribution in [2.75, 3.05) is 20.8 Å². The summed E-state index contributed by atoms with van der Waals surface area (Å²) in [7, 11) is 3.21. The zero-order chi connectivity index (χ0) is 13.6. The van der Waals surface area contributed by atoms with Crippen LogP contribution in [0.25, 0.3) is 0 Å².